The van der Waals surface area contributed by atoms with Crippen molar-refractivity contribution >= 4 is 17.6 Å². The summed E-state index contributed by atoms with van der Waals surface area (Å²) >= 11 is 0. The maximum Gasteiger partial charge on any atom is 0.307 e. The average Bonchev–Trinajstić information content (AvgIpc) is 2.61. The molecule has 1 amide bonds. The second kappa shape index (κ2) is 9.65. The fourth-order valence-electron chi connectivity index (χ4n) is 2.30. The van der Waals surface area contributed by atoms with Crippen molar-refractivity contribution in [3.05, 3.63) is 65.0 Å². The number of halogens is 1. The molecule has 0 radical (unpaired) electrons. The number of methoxy groups -OCH3 is 1. The molecule has 2 aromatic rings. The third kappa shape index (κ3) is 5.65. The van der Waals surface area contributed by atoms with Gasteiger partial charge in [0.25, 0.3) is 5.91 Å². The summed E-state index contributed by atoms with van der Waals surface area (Å²) in [4.78, 5) is 23.4. The Morgan fingerprint density at radius 3 is 2.62 bits per heavy atom. The normalized spacial score (nSPS) is 10.5. The van der Waals surface area contributed by atoms with Crippen LogP contribution in [-0.4, -0.2) is 37.3 Å². The second-order valence-corrected chi connectivity index (χ2v) is 5.53. The zero-order chi connectivity index (χ0) is 18.9. The molecule has 0 unspecified atom stereocenters. The summed E-state index contributed by atoms with van der Waals surface area (Å²) in [6.07, 6.45) is -0.210. The lowest BCUT2D eigenvalue weighted by atomic mass is 10.1. The molecule has 0 aromatic heterocycles. The number of carboxylic acids is 1. The maximum atomic E-state index is 13.9. The van der Waals surface area contributed by atoms with Gasteiger partial charge in [0.15, 0.2) is 0 Å². The van der Waals surface area contributed by atoms with Gasteiger partial charge in [0.1, 0.15) is 5.82 Å². The van der Waals surface area contributed by atoms with E-state index in [1.807, 2.05) is 0 Å². The number of anilines is 1. The largest absolute Gasteiger partial charge is 0.481 e. The van der Waals surface area contributed by atoms with Crippen molar-refractivity contribution < 1.29 is 28.6 Å². The van der Waals surface area contributed by atoms with Gasteiger partial charge in [-0.3, -0.25) is 9.59 Å². The van der Waals surface area contributed by atoms with Crippen molar-refractivity contribution in [1.82, 2.24) is 0 Å². The van der Waals surface area contributed by atoms with Crippen LogP contribution in [0.2, 0.25) is 0 Å². The number of carbonyl (C=O) groups is 2. The summed E-state index contributed by atoms with van der Waals surface area (Å²) in [6.45, 7) is 0.725. The molecule has 0 saturated carbocycles. The number of amides is 1. The molecule has 0 fully saturated rings. The maximum absolute atomic E-state index is 13.9. The highest BCUT2D eigenvalue weighted by atomic mass is 19.1. The van der Waals surface area contributed by atoms with Gasteiger partial charge < -0.3 is 19.9 Å². The Morgan fingerprint density at radius 1 is 1.12 bits per heavy atom. The van der Waals surface area contributed by atoms with E-state index < -0.39 is 17.7 Å². The van der Waals surface area contributed by atoms with E-state index in [2.05, 4.69) is 5.32 Å². The van der Waals surface area contributed by atoms with Crippen molar-refractivity contribution in [3.8, 4) is 0 Å². The molecule has 6 nitrogen and oxygen atoms in total. The first kappa shape index (κ1) is 19.6. The number of benzene rings is 2. The van der Waals surface area contributed by atoms with Crippen LogP contribution in [0.5, 0.6) is 0 Å². The first-order valence-corrected chi connectivity index (χ1v) is 7.97. The smallest absolute Gasteiger partial charge is 0.307 e. The third-order valence-corrected chi connectivity index (χ3v) is 3.60. The van der Waals surface area contributed by atoms with E-state index in [4.69, 9.17) is 14.6 Å². The Hall–Kier alpha value is -2.77. The molecule has 0 heterocycles. The molecular weight excluding hydrogens is 341 g/mol. The van der Waals surface area contributed by atoms with Crippen LogP contribution < -0.4 is 5.32 Å². The number of hydrogen-bond acceptors (Lipinski definition) is 4. The second-order valence-electron chi connectivity index (χ2n) is 5.53. The Kier molecular flexibility index (Phi) is 7.25. The zero-order valence-electron chi connectivity index (χ0n) is 14.3. The van der Waals surface area contributed by atoms with Crippen LogP contribution in [0.4, 0.5) is 10.1 Å². The van der Waals surface area contributed by atoms with Crippen molar-refractivity contribution in [2.75, 3.05) is 25.6 Å². The minimum Gasteiger partial charge on any atom is -0.481 e. The van der Waals surface area contributed by atoms with Crippen molar-refractivity contribution in [2.45, 2.75) is 13.0 Å². The molecule has 0 bridgehead atoms. The van der Waals surface area contributed by atoms with Crippen LogP contribution in [0.15, 0.2) is 42.5 Å². The van der Waals surface area contributed by atoms with Gasteiger partial charge in [-0.25, -0.2) is 4.39 Å². The number of carboxylic acid groups (broad SMARTS) is 1. The van der Waals surface area contributed by atoms with Crippen molar-refractivity contribution in [1.29, 1.82) is 0 Å². The van der Waals surface area contributed by atoms with Crippen LogP contribution in [0.3, 0.4) is 0 Å². The van der Waals surface area contributed by atoms with E-state index in [0.29, 0.717) is 24.5 Å². The highest BCUT2D eigenvalue weighted by molar-refractivity contribution is 6.05. The van der Waals surface area contributed by atoms with Gasteiger partial charge in [-0.15, -0.1) is 0 Å². The Labute approximate surface area is 150 Å². The molecule has 138 valence electrons. The lowest BCUT2D eigenvalue weighted by Gasteiger charge is -2.11. The molecule has 2 rings (SSSR count). The van der Waals surface area contributed by atoms with Crippen molar-refractivity contribution in [3.63, 3.8) is 0 Å². The number of ether oxygens (including phenoxy) is 2. The number of carbonyl (C=O) groups excluding carboxylic acids is 1. The molecule has 0 aliphatic carbocycles. The number of para-hydroxylation sites is 1. The molecule has 7 heteroatoms. The molecule has 0 aliphatic rings. The SMILES string of the molecule is COCCOCc1cc(C(=O)Nc2ccccc2CC(=O)O)ccc1F. The number of hydrogen-bond donors (Lipinski definition) is 2. The Bertz CT molecular complexity index is 778. The fourth-order valence-corrected chi connectivity index (χ4v) is 2.30. The minimum atomic E-state index is -0.996. The zero-order valence-corrected chi connectivity index (χ0v) is 14.3. The van der Waals surface area contributed by atoms with Crippen LogP contribution in [0.25, 0.3) is 0 Å². The molecule has 0 spiro atoms. The molecule has 0 saturated heterocycles. The summed E-state index contributed by atoms with van der Waals surface area (Å²) in [6, 6.07) is 10.6. The van der Waals surface area contributed by atoms with Crippen LogP contribution in [0.1, 0.15) is 21.5 Å². The molecule has 2 N–H and O–H groups in total. The summed E-state index contributed by atoms with van der Waals surface area (Å²) in [7, 11) is 1.54. The molecule has 2 aromatic carbocycles. The van der Waals surface area contributed by atoms with E-state index in [9.17, 15) is 14.0 Å². The summed E-state index contributed by atoms with van der Waals surface area (Å²) in [5, 5.41) is 11.6. The monoisotopic (exact) mass is 361 g/mol. The highest BCUT2D eigenvalue weighted by Gasteiger charge is 2.13. The average molecular weight is 361 g/mol. The summed E-state index contributed by atoms with van der Waals surface area (Å²) < 4.78 is 24.0. The van der Waals surface area contributed by atoms with Gasteiger partial charge in [-0.05, 0) is 29.8 Å². The van der Waals surface area contributed by atoms with E-state index in [-0.39, 0.29) is 24.2 Å². The standard InChI is InChI=1S/C19H20FNO5/c1-25-8-9-26-12-15-10-14(6-7-16(15)20)19(24)21-17-5-3-2-4-13(17)11-18(22)23/h2-7,10H,8-9,11-12H2,1H3,(H,21,24)(H,22,23). The first-order valence-electron chi connectivity index (χ1n) is 7.97. The minimum absolute atomic E-state index is 0.0198. The van der Waals surface area contributed by atoms with E-state index in [1.165, 1.54) is 25.3 Å². The Morgan fingerprint density at radius 2 is 1.88 bits per heavy atom. The first-order chi connectivity index (χ1) is 12.5. The molecule has 0 atom stereocenters. The van der Waals surface area contributed by atoms with E-state index >= 15 is 0 Å². The van der Waals surface area contributed by atoms with Gasteiger partial charge >= 0.3 is 5.97 Å². The predicted molar refractivity (Wildman–Crippen MR) is 93.7 cm³/mol. The van der Waals surface area contributed by atoms with Gasteiger partial charge in [0.05, 0.1) is 26.2 Å². The molecule has 0 aliphatic heterocycles. The third-order valence-electron chi connectivity index (χ3n) is 3.60. The predicted octanol–water partition coefficient (Wildman–Crippen LogP) is 2.87. The van der Waals surface area contributed by atoms with Crippen LogP contribution in [0, 0.1) is 5.82 Å². The van der Waals surface area contributed by atoms with Crippen molar-refractivity contribution in [2.24, 2.45) is 0 Å². The number of nitrogens with one attached hydrogen (secondary N) is 1. The van der Waals surface area contributed by atoms with E-state index in [1.54, 1.807) is 24.3 Å². The number of rotatable bonds is 9. The molecule has 26 heavy (non-hydrogen) atoms. The fraction of sp³-hybridized carbons (Fsp3) is 0.263. The lowest BCUT2D eigenvalue weighted by molar-refractivity contribution is -0.136. The highest BCUT2D eigenvalue weighted by Crippen LogP contribution is 2.18. The van der Waals surface area contributed by atoms with Gasteiger partial charge in [-0.2, -0.15) is 0 Å². The van der Waals surface area contributed by atoms with E-state index in [0.717, 1.165) is 0 Å². The molecular formula is C19H20FNO5. The van der Waals surface area contributed by atoms with Gasteiger partial charge in [0, 0.05) is 23.9 Å². The van der Waals surface area contributed by atoms with Gasteiger partial charge in [-0.1, -0.05) is 18.2 Å². The lowest BCUT2D eigenvalue weighted by Crippen LogP contribution is -2.15. The van der Waals surface area contributed by atoms with Crippen LogP contribution in [-0.2, 0) is 27.3 Å². The summed E-state index contributed by atoms with van der Waals surface area (Å²) in [5.74, 6) is -1.92. The number of aliphatic carboxylic acids is 1. The topological polar surface area (TPSA) is 84.9 Å². The Balaban J connectivity index is 2.11. The van der Waals surface area contributed by atoms with Crippen LogP contribution >= 0.6 is 0 Å². The van der Waals surface area contributed by atoms with Gasteiger partial charge in [0.2, 0.25) is 0 Å². The quantitative estimate of drug-likeness (QED) is 0.671. The summed E-state index contributed by atoms with van der Waals surface area (Å²) in [5.41, 5.74) is 1.40.